The fraction of sp³-hybridized carbons (Fsp3) is 0.355. The summed E-state index contributed by atoms with van der Waals surface area (Å²) in [4.78, 5) is 28.6. The SMILES string of the molecule is C[C@@H]1CN(c2cccc(-c3ccc4cnc(CNC(=O)c5cc(F)c6c(c5)S(=O)(=O)[C@H](F)CO[C@@H]6C)cc4n3)n2)C[C@H](C)O1. The summed E-state index contributed by atoms with van der Waals surface area (Å²) in [6.07, 6.45) is 0.824. The number of sulfone groups is 1. The molecule has 5 heterocycles. The molecule has 0 bridgehead atoms. The molecule has 0 saturated carbocycles. The minimum atomic E-state index is -4.55. The Hall–Kier alpha value is -4.07. The van der Waals surface area contributed by atoms with Crippen LogP contribution in [-0.4, -0.2) is 66.7 Å². The molecule has 2 aliphatic rings. The zero-order valence-electron chi connectivity index (χ0n) is 24.3. The van der Waals surface area contributed by atoms with E-state index in [9.17, 15) is 22.0 Å². The lowest BCUT2D eigenvalue weighted by Gasteiger charge is -2.36. The number of benzene rings is 1. The number of alkyl halides is 1. The van der Waals surface area contributed by atoms with Crippen LogP contribution in [0.2, 0.25) is 0 Å². The summed E-state index contributed by atoms with van der Waals surface area (Å²) in [5, 5.41) is 3.42. The third kappa shape index (κ3) is 5.86. The van der Waals surface area contributed by atoms with Crippen molar-refractivity contribution in [1.82, 2.24) is 20.3 Å². The number of amides is 1. The number of rotatable bonds is 5. The number of hydrogen-bond donors (Lipinski definition) is 1. The van der Waals surface area contributed by atoms with Crippen LogP contribution in [0.25, 0.3) is 22.3 Å². The molecule has 0 radical (unpaired) electrons. The highest BCUT2D eigenvalue weighted by molar-refractivity contribution is 7.92. The van der Waals surface area contributed by atoms with Crippen molar-refractivity contribution in [3.8, 4) is 11.4 Å². The molecule has 1 saturated heterocycles. The van der Waals surface area contributed by atoms with Crippen LogP contribution in [0.1, 0.15) is 48.5 Å². The summed E-state index contributed by atoms with van der Waals surface area (Å²) in [7, 11) is -4.55. The van der Waals surface area contributed by atoms with Crippen LogP contribution in [0, 0.1) is 5.82 Å². The molecule has 4 aromatic rings. The van der Waals surface area contributed by atoms with Gasteiger partial charge in [-0.1, -0.05) is 6.07 Å². The standard InChI is InChI=1S/C31H31F2N5O5S/c1-17-14-38(15-18(2)43-17)29-6-4-5-24(37-29)25-8-7-20-12-34-22(11-26(20)36-25)13-35-31(39)21-9-23(32)30-19(3)42-16-28(33)44(40,41)27(30)10-21/h4-12,17-19,28H,13-16H2,1-3H3,(H,35,39)/t17-,18+,19-,28+/m1/s1. The predicted molar refractivity (Wildman–Crippen MR) is 159 cm³/mol. The van der Waals surface area contributed by atoms with Gasteiger partial charge in [-0.3, -0.25) is 9.78 Å². The summed E-state index contributed by atoms with van der Waals surface area (Å²) < 4.78 is 65.7. The molecule has 0 spiro atoms. The highest BCUT2D eigenvalue weighted by atomic mass is 32.2. The molecule has 0 aliphatic carbocycles. The fourth-order valence-corrected chi connectivity index (χ4v) is 6.96. The van der Waals surface area contributed by atoms with Crippen LogP contribution in [-0.2, 0) is 25.9 Å². The highest BCUT2D eigenvalue weighted by Crippen LogP contribution is 2.35. The van der Waals surface area contributed by atoms with Crippen molar-refractivity contribution in [2.75, 3.05) is 24.6 Å². The summed E-state index contributed by atoms with van der Waals surface area (Å²) in [5.74, 6) is -0.865. The Labute approximate surface area is 253 Å². The van der Waals surface area contributed by atoms with Crippen LogP contribution in [0.5, 0.6) is 0 Å². The number of pyridine rings is 3. The van der Waals surface area contributed by atoms with Gasteiger partial charge in [0.15, 0.2) is 0 Å². The third-order valence-corrected chi connectivity index (χ3v) is 9.44. The first kappa shape index (κ1) is 30.0. The van der Waals surface area contributed by atoms with E-state index in [4.69, 9.17) is 19.4 Å². The lowest BCUT2D eigenvalue weighted by molar-refractivity contribution is -0.00545. The van der Waals surface area contributed by atoms with Gasteiger partial charge < -0.3 is 19.7 Å². The Balaban J connectivity index is 1.22. The number of morpholine rings is 1. The quantitative estimate of drug-likeness (QED) is 0.341. The number of hydrogen-bond acceptors (Lipinski definition) is 9. The van der Waals surface area contributed by atoms with Gasteiger partial charge >= 0.3 is 0 Å². The predicted octanol–water partition coefficient (Wildman–Crippen LogP) is 4.54. The zero-order chi connectivity index (χ0) is 31.2. The Morgan fingerprint density at radius 1 is 1.05 bits per heavy atom. The van der Waals surface area contributed by atoms with Crippen LogP contribution >= 0.6 is 0 Å². The Morgan fingerprint density at radius 3 is 2.57 bits per heavy atom. The number of ether oxygens (including phenoxy) is 2. The molecule has 44 heavy (non-hydrogen) atoms. The largest absolute Gasteiger partial charge is 0.372 e. The summed E-state index contributed by atoms with van der Waals surface area (Å²) in [6.45, 7) is 6.22. The first-order valence-corrected chi connectivity index (χ1v) is 15.8. The number of carbonyl (C=O) groups is 1. The molecule has 13 heteroatoms. The second kappa shape index (κ2) is 11.8. The van der Waals surface area contributed by atoms with Gasteiger partial charge in [0.25, 0.3) is 5.91 Å². The van der Waals surface area contributed by atoms with E-state index in [0.717, 1.165) is 36.4 Å². The molecule has 6 rings (SSSR count). The smallest absolute Gasteiger partial charge is 0.251 e. The maximum Gasteiger partial charge on any atom is 0.251 e. The first-order valence-electron chi connectivity index (χ1n) is 14.2. The van der Waals surface area contributed by atoms with Gasteiger partial charge in [0.2, 0.25) is 15.3 Å². The molecule has 230 valence electrons. The van der Waals surface area contributed by atoms with Crippen LogP contribution in [0.4, 0.5) is 14.6 Å². The Kier molecular flexibility index (Phi) is 8.03. The van der Waals surface area contributed by atoms with Crippen LogP contribution in [0.15, 0.2) is 59.6 Å². The van der Waals surface area contributed by atoms with Gasteiger partial charge in [-0.25, -0.2) is 27.2 Å². The van der Waals surface area contributed by atoms with Crippen molar-refractivity contribution in [2.45, 2.75) is 56.0 Å². The van der Waals surface area contributed by atoms with E-state index >= 15 is 0 Å². The number of anilines is 1. The maximum absolute atomic E-state index is 15.0. The van der Waals surface area contributed by atoms with Crippen LogP contribution in [0.3, 0.4) is 0 Å². The maximum atomic E-state index is 15.0. The minimum absolute atomic E-state index is 0.0431. The van der Waals surface area contributed by atoms with Gasteiger partial charge in [-0.2, -0.15) is 0 Å². The van der Waals surface area contributed by atoms with Crippen molar-refractivity contribution in [2.24, 2.45) is 0 Å². The average Bonchev–Trinajstić information content (AvgIpc) is 3.08. The monoisotopic (exact) mass is 623 g/mol. The van der Waals surface area contributed by atoms with Gasteiger partial charge in [-0.15, -0.1) is 0 Å². The van der Waals surface area contributed by atoms with Gasteiger partial charge in [0, 0.05) is 35.8 Å². The highest BCUT2D eigenvalue weighted by Gasteiger charge is 2.37. The lowest BCUT2D eigenvalue weighted by atomic mass is 10.1. The molecule has 3 aromatic heterocycles. The number of fused-ring (bicyclic) bond motifs is 2. The Bertz CT molecular complexity index is 1850. The molecule has 1 aromatic carbocycles. The molecule has 0 unspecified atom stereocenters. The molecule has 2 aliphatic heterocycles. The topological polar surface area (TPSA) is 124 Å². The number of halogens is 2. The van der Waals surface area contributed by atoms with E-state index < -0.39 is 44.7 Å². The van der Waals surface area contributed by atoms with Crippen molar-refractivity contribution in [3.63, 3.8) is 0 Å². The molecule has 1 amide bonds. The number of aromatic nitrogens is 3. The fourth-order valence-electron chi connectivity index (χ4n) is 5.56. The van der Waals surface area contributed by atoms with E-state index in [1.165, 1.54) is 6.92 Å². The van der Waals surface area contributed by atoms with Gasteiger partial charge in [0.1, 0.15) is 11.6 Å². The molecule has 1 N–H and O–H groups in total. The minimum Gasteiger partial charge on any atom is -0.372 e. The molecule has 4 atom stereocenters. The van der Waals surface area contributed by atoms with Crippen molar-refractivity contribution in [1.29, 1.82) is 0 Å². The molecular weight excluding hydrogens is 592 g/mol. The summed E-state index contributed by atoms with van der Waals surface area (Å²) in [5.41, 5.74) is -0.446. The summed E-state index contributed by atoms with van der Waals surface area (Å²) >= 11 is 0. The van der Waals surface area contributed by atoms with Crippen molar-refractivity contribution in [3.05, 3.63) is 77.4 Å². The molecular formula is C31H31F2N5O5S. The molecule has 1 fully saturated rings. The number of nitrogens with zero attached hydrogens (tertiary/aromatic N) is 4. The van der Waals surface area contributed by atoms with Gasteiger partial charge in [0.05, 0.1) is 59.0 Å². The Morgan fingerprint density at radius 2 is 1.80 bits per heavy atom. The lowest BCUT2D eigenvalue weighted by Crippen LogP contribution is -2.45. The van der Waals surface area contributed by atoms with E-state index in [1.807, 2.05) is 44.2 Å². The summed E-state index contributed by atoms with van der Waals surface area (Å²) in [6, 6.07) is 13.2. The average molecular weight is 624 g/mol. The third-order valence-electron chi connectivity index (χ3n) is 7.68. The number of nitrogens with one attached hydrogen (secondary N) is 1. The molecule has 10 nitrogen and oxygen atoms in total. The van der Waals surface area contributed by atoms with E-state index in [2.05, 4.69) is 15.2 Å². The number of carbonyl (C=O) groups excluding carboxylic acids is 1. The normalized spacial score (nSPS) is 23.2. The van der Waals surface area contributed by atoms with E-state index in [0.29, 0.717) is 22.6 Å². The van der Waals surface area contributed by atoms with Gasteiger partial charge in [-0.05, 0) is 63.2 Å². The van der Waals surface area contributed by atoms with E-state index in [1.54, 1.807) is 12.3 Å². The second-order valence-electron chi connectivity index (χ2n) is 11.1. The van der Waals surface area contributed by atoms with Crippen molar-refractivity contribution >= 4 is 32.5 Å². The first-order chi connectivity index (χ1) is 21.0. The van der Waals surface area contributed by atoms with E-state index in [-0.39, 0.29) is 29.9 Å². The van der Waals surface area contributed by atoms with Crippen molar-refractivity contribution < 1.29 is 31.5 Å². The zero-order valence-corrected chi connectivity index (χ0v) is 25.1. The van der Waals surface area contributed by atoms with Crippen LogP contribution < -0.4 is 10.2 Å². The second-order valence-corrected chi connectivity index (χ2v) is 13.1.